The summed E-state index contributed by atoms with van der Waals surface area (Å²) in [6.07, 6.45) is 3.50. The van der Waals surface area contributed by atoms with E-state index in [1.807, 2.05) is 12.1 Å². The first-order valence-electron chi connectivity index (χ1n) is 7.25. The van der Waals surface area contributed by atoms with E-state index < -0.39 is 0 Å². The Morgan fingerprint density at radius 1 is 1.38 bits per heavy atom. The number of methoxy groups -OCH3 is 1. The number of benzene rings is 1. The summed E-state index contributed by atoms with van der Waals surface area (Å²) in [6, 6.07) is 7.05. The normalized spacial score (nSPS) is 10.8. The number of anilines is 1. The molecule has 2 N–H and O–H groups in total. The minimum absolute atomic E-state index is 0.212. The van der Waals surface area contributed by atoms with Crippen molar-refractivity contribution in [2.45, 2.75) is 13.0 Å². The Morgan fingerprint density at radius 3 is 3.00 bits per heavy atom. The van der Waals surface area contributed by atoms with Crippen molar-refractivity contribution in [1.82, 2.24) is 14.8 Å². The van der Waals surface area contributed by atoms with E-state index in [4.69, 9.17) is 11.6 Å². The molecule has 8 heteroatoms. The molecule has 24 heavy (non-hydrogen) atoms. The van der Waals surface area contributed by atoms with Gasteiger partial charge in [-0.1, -0.05) is 17.7 Å². The number of aromatic nitrogens is 3. The highest BCUT2D eigenvalue weighted by atomic mass is 35.5. The first kappa shape index (κ1) is 16.1. The Balaban J connectivity index is 1.73. The van der Waals surface area contributed by atoms with Crippen molar-refractivity contribution in [3.05, 3.63) is 47.2 Å². The highest BCUT2D eigenvalue weighted by molar-refractivity contribution is 6.37. The van der Waals surface area contributed by atoms with Crippen LogP contribution in [0.15, 0.2) is 36.7 Å². The van der Waals surface area contributed by atoms with Crippen molar-refractivity contribution >= 4 is 40.2 Å². The number of nitrogens with one attached hydrogen (secondary N) is 2. The molecule has 1 amide bonds. The van der Waals surface area contributed by atoms with Gasteiger partial charge in [-0.15, -0.1) is 0 Å². The maximum Gasteiger partial charge on any atom is 0.307 e. The number of hydrogen-bond acceptors (Lipinski definition) is 4. The van der Waals surface area contributed by atoms with Gasteiger partial charge in [0.25, 0.3) is 5.91 Å². The molecule has 3 aromatic rings. The maximum atomic E-state index is 12.4. The van der Waals surface area contributed by atoms with E-state index in [0.29, 0.717) is 28.3 Å². The van der Waals surface area contributed by atoms with Crippen LogP contribution in [0.2, 0.25) is 5.02 Å². The molecule has 0 saturated carbocycles. The van der Waals surface area contributed by atoms with Gasteiger partial charge in [0, 0.05) is 29.4 Å². The first-order chi connectivity index (χ1) is 11.6. The molecule has 2 aromatic heterocycles. The summed E-state index contributed by atoms with van der Waals surface area (Å²) >= 11 is 6.18. The molecule has 0 bridgehead atoms. The van der Waals surface area contributed by atoms with Crippen LogP contribution in [0.3, 0.4) is 0 Å². The molecular weight excluding hydrogens is 332 g/mol. The molecule has 0 aliphatic heterocycles. The van der Waals surface area contributed by atoms with Gasteiger partial charge in [0.15, 0.2) is 5.82 Å². The number of carbonyl (C=O) groups is 2. The lowest BCUT2D eigenvalue weighted by atomic mass is 10.1. The minimum Gasteiger partial charge on any atom is -0.469 e. The third-order valence-electron chi connectivity index (χ3n) is 3.55. The lowest BCUT2D eigenvalue weighted by molar-refractivity contribution is -0.140. The molecule has 7 nitrogen and oxygen atoms in total. The van der Waals surface area contributed by atoms with Crippen LogP contribution in [0.5, 0.6) is 0 Å². The summed E-state index contributed by atoms with van der Waals surface area (Å²) in [5.41, 5.74) is 1.23. The van der Waals surface area contributed by atoms with Gasteiger partial charge in [0.1, 0.15) is 0 Å². The number of aromatic amines is 1. The fraction of sp³-hybridized carbons (Fsp3) is 0.188. The van der Waals surface area contributed by atoms with Crippen LogP contribution in [0.4, 0.5) is 5.82 Å². The van der Waals surface area contributed by atoms with Gasteiger partial charge in [-0.25, -0.2) is 0 Å². The van der Waals surface area contributed by atoms with Crippen molar-refractivity contribution in [2.24, 2.45) is 0 Å². The molecule has 0 radical (unpaired) electrons. The second-order valence-electron chi connectivity index (χ2n) is 5.11. The van der Waals surface area contributed by atoms with E-state index in [9.17, 15) is 9.59 Å². The molecule has 0 atom stereocenters. The van der Waals surface area contributed by atoms with E-state index in [1.165, 1.54) is 7.11 Å². The largest absolute Gasteiger partial charge is 0.469 e. The Bertz CT molecular complexity index is 900. The summed E-state index contributed by atoms with van der Waals surface area (Å²) in [6.45, 7) is 0.376. The summed E-state index contributed by atoms with van der Waals surface area (Å²) < 4.78 is 6.14. The predicted octanol–water partition coefficient (Wildman–Crippen LogP) is 2.83. The van der Waals surface area contributed by atoms with Crippen LogP contribution in [-0.2, 0) is 16.1 Å². The van der Waals surface area contributed by atoms with Gasteiger partial charge in [-0.3, -0.25) is 14.3 Å². The number of fused-ring (bicyclic) bond motifs is 1. The molecule has 0 aliphatic rings. The van der Waals surface area contributed by atoms with Gasteiger partial charge in [-0.2, -0.15) is 5.10 Å². The SMILES string of the molecule is COC(=O)CCn1ccc(NC(=O)c2c[nH]c3cccc(Cl)c23)n1. The van der Waals surface area contributed by atoms with Crippen LogP contribution < -0.4 is 5.32 Å². The summed E-state index contributed by atoms with van der Waals surface area (Å²) in [5, 5.41) is 8.09. The Morgan fingerprint density at radius 2 is 2.21 bits per heavy atom. The average Bonchev–Trinajstić information content (AvgIpc) is 3.20. The molecule has 1 aromatic carbocycles. The van der Waals surface area contributed by atoms with Crippen LogP contribution in [-0.4, -0.2) is 33.8 Å². The quantitative estimate of drug-likeness (QED) is 0.695. The maximum absolute atomic E-state index is 12.4. The number of ether oxygens (including phenoxy) is 1. The number of hydrogen-bond donors (Lipinski definition) is 2. The van der Waals surface area contributed by atoms with Gasteiger partial charge in [0.2, 0.25) is 0 Å². The molecule has 0 fully saturated rings. The first-order valence-corrected chi connectivity index (χ1v) is 7.63. The van der Waals surface area contributed by atoms with Gasteiger partial charge >= 0.3 is 5.97 Å². The molecule has 0 saturated heterocycles. The molecule has 0 spiro atoms. The van der Waals surface area contributed by atoms with Gasteiger partial charge in [0.05, 0.1) is 30.7 Å². The number of rotatable bonds is 5. The average molecular weight is 347 g/mol. The van der Waals surface area contributed by atoms with E-state index in [2.05, 4.69) is 20.1 Å². The Hall–Kier alpha value is -2.80. The fourth-order valence-corrected chi connectivity index (χ4v) is 2.64. The smallest absolute Gasteiger partial charge is 0.307 e. The molecule has 0 aliphatic carbocycles. The standard InChI is InChI=1S/C16H15ClN4O3/c1-24-14(22)6-8-21-7-5-13(20-21)19-16(23)10-9-18-12-4-2-3-11(17)15(10)12/h2-5,7,9,18H,6,8H2,1H3,(H,19,20,23). The van der Waals surface area contributed by atoms with Crippen LogP contribution in [0, 0.1) is 0 Å². The zero-order valence-electron chi connectivity index (χ0n) is 12.9. The van der Waals surface area contributed by atoms with E-state index >= 15 is 0 Å². The zero-order chi connectivity index (χ0) is 17.1. The number of halogens is 1. The van der Waals surface area contributed by atoms with E-state index in [0.717, 1.165) is 5.52 Å². The third-order valence-corrected chi connectivity index (χ3v) is 3.87. The van der Waals surface area contributed by atoms with Crippen LogP contribution >= 0.6 is 11.6 Å². The zero-order valence-corrected chi connectivity index (χ0v) is 13.6. The van der Waals surface area contributed by atoms with Crippen molar-refractivity contribution in [2.75, 3.05) is 12.4 Å². The van der Waals surface area contributed by atoms with Crippen molar-refractivity contribution < 1.29 is 14.3 Å². The Kier molecular flexibility index (Phi) is 4.52. The lowest BCUT2D eigenvalue weighted by Gasteiger charge is -2.03. The number of amides is 1. The monoisotopic (exact) mass is 346 g/mol. The van der Waals surface area contributed by atoms with Crippen LogP contribution in [0.25, 0.3) is 10.9 Å². The van der Waals surface area contributed by atoms with E-state index in [1.54, 1.807) is 29.2 Å². The third kappa shape index (κ3) is 3.26. The topological polar surface area (TPSA) is 89.0 Å². The summed E-state index contributed by atoms with van der Waals surface area (Å²) in [5.74, 6) is -0.233. The van der Waals surface area contributed by atoms with Crippen LogP contribution in [0.1, 0.15) is 16.8 Å². The number of nitrogens with zero attached hydrogens (tertiary/aromatic N) is 2. The predicted molar refractivity (Wildman–Crippen MR) is 90.1 cm³/mol. The number of carbonyl (C=O) groups excluding carboxylic acids is 2. The second-order valence-corrected chi connectivity index (χ2v) is 5.52. The molecular formula is C16H15ClN4O3. The number of H-pyrrole nitrogens is 1. The fourth-order valence-electron chi connectivity index (χ4n) is 2.36. The van der Waals surface area contributed by atoms with Crippen molar-refractivity contribution in [3.63, 3.8) is 0 Å². The summed E-state index contributed by atoms with van der Waals surface area (Å²) in [7, 11) is 1.34. The molecule has 124 valence electrons. The Labute approximate surface area is 142 Å². The molecule has 3 rings (SSSR count). The molecule has 2 heterocycles. The number of esters is 1. The minimum atomic E-state index is -0.315. The number of aryl methyl sites for hydroxylation is 1. The van der Waals surface area contributed by atoms with Gasteiger partial charge in [-0.05, 0) is 12.1 Å². The van der Waals surface area contributed by atoms with Crippen molar-refractivity contribution in [1.29, 1.82) is 0 Å². The van der Waals surface area contributed by atoms with Crippen molar-refractivity contribution in [3.8, 4) is 0 Å². The van der Waals surface area contributed by atoms with Gasteiger partial charge < -0.3 is 15.0 Å². The highest BCUT2D eigenvalue weighted by Gasteiger charge is 2.15. The summed E-state index contributed by atoms with van der Waals surface area (Å²) in [4.78, 5) is 26.6. The molecule has 0 unspecified atom stereocenters. The highest BCUT2D eigenvalue weighted by Crippen LogP contribution is 2.26. The lowest BCUT2D eigenvalue weighted by Crippen LogP contribution is -2.13. The van der Waals surface area contributed by atoms with E-state index in [-0.39, 0.29) is 18.3 Å². The second kappa shape index (κ2) is 6.76.